The molecule has 1 fully saturated rings. The Bertz CT molecular complexity index is 473. The zero-order chi connectivity index (χ0) is 14.2. The second kappa shape index (κ2) is 5.16. The Kier molecular flexibility index (Phi) is 3.90. The molecule has 0 heterocycles. The summed E-state index contributed by atoms with van der Waals surface area (Å²) in [5.41, 5.74) is -1.50. The lowest BCUT2D eigenvalue weighted by molar-refractivity contribution is -0.0749. The van der Waals surface area contributed by atoms with Crippen molar-refractivity contribution in [2.75, 3.05) is 0 Å². The molecule has 1 aliphatic rings. The minimum atomic E-state index is -1.50. The smallest absolute Gasteiger partial charge is 0.194 e. The molecule has 1 nitrogen and oxygen atoms in total. The van der Waals surface area contributed by atoms with Crippen LogP contribution in [-0.4, -0.2) is 5.11 Å². The van der Waals surface area contributed by atoms with Gasteiger partial charge in [-0.15, -0.1) is 0 Å². The average Bonchev–Trinajstić information content (AvgIpc) is 2.36. The first-order valence-corrected chi connectivity index (χ1v) is 6.74. The van der Waals surface area contributed by atoms with Crippen LogP contribution in [0.25, 0.3) is 0 Å². The first-order valence-electron chi connectivity index (χ1n) is 6.74. The van der Waals surface area contributed by atoms with Crippen LogP contribution in [0.2, 0.25) is 0 Å². The Morgan fingerprint density at radius 2 is 1.84 bits per heavy atom. The second-order valence-electron chi connectivity index (χ2n) is 5.74. The van der Waals surface area contributed by atoms with Crippen molar-refractivity contribution in [2.45, 2.75) is 45.1 Å². The third-order valence-corrected chi connectivity index (χ3v) is 4.24. The number of halogens is 3. The Morgan fingerprint density at radius 1 is 1.16 bits per heavy atom. The first-order chi connectivity index (χ1) is 8.88. The highest BCUT2D eigenvalue weighted by Crippen LogP contribution is 2.46. The van der Waals surface area contributed by atoms with E-state index in [9.17, 15) is 18.3 Å². The van der Waals surface area contributed by atoms with Crippen molar-refractivity contribution in [2.24, 2.45) is 11.8 Å². The summed E-state index contributed by atoms with van der Waals surface area (Å²) in [6, 6.07) is 2.06. The largest absolute Gasteiger partial charge is 0.385 e. The lowest BCUT2D eigenvalue weighted by Gasteiger charge is -2.42. The van der Waals surface area contributed by atoms with Crippen molar-refractivity contribution in [3.63, 3.8) is 0 Å². The van der Waals surface area contributed by atoms with Gasteiger partial charge in [0.2, 0.25) is 0 Å². The molecule has 0 amide bonds. The van der Waals surface area contributed by atoms with E-state index in [2.05, 4.69) is 0 Å². The lowest BCUT2D eigenvalue weighted by atomic mass is 9.67. The third kappa shape index (κ3) is 2.38. The van der Waals surface area contributed by atoms with Crippen molar-refractivity contribution < 1.29 is 18.3 Å². The molecule has 0 aliphatic heterocycles. The van der Waals surface area contributed by atoms with Crippen molar-refractivity contribution in [1.82, 2.24) is 0 Å². The van der Waals surface area contributed by atoms with E-state index >= 15 is 0 Å². The van der Waals surface area contributed by atoms with Gasteiger partial charge in [-0.1, -0.05) is 32.8 Å². The second-order valence-corrected chi connectivity index (χ2v) is 5.74. The summed E-state index contributed by atoms with van der Waals surface area (Å²) in [6.45, 7) is 3.91. The van der Waals surface area contributed by atoms with Crippen LogP contribution in [0.1, 0.15) is 45.1 Å². The van der Waals surface area contributed by atoms with E-state index in [-0.39, 0.29) is 17.4 Å². The van der Waals surface area contributed by atoms with E-state index in [0.29, 0.717) is 6.42 Å². The minimum Gasteiger partial charge on any atom is -0.385 e. The van der Waals surface area contributed by atoms with Crippen molar-refractivity contribution in [3.05, 3.63) is 35.1 Å². The Morgan fingerprint density at radius 3 is 2.47 bits per heavy atom. The molecule has 0 saturated heterocycles. The van der Waals surface area contributed by atoms with Crippen LogP contribution in [0, 0.1) is 29.3 Å². The SMILES string of the molecule is CC(C)C1CCCCC1(O)c1ccc(F)c(F)c1F. The van der Waals surface area contributed by atoms with Crippen LogP contribution < -0.4 is 0 Å². The van der Waals surface area contributed by atoms with Crippen molar-refractivity contribution in [1.29, 1.82) is 0 Å². The van der Waals surface area contributed by atoms with Gasteiger partial charge in [0, 0.05) is 5.56 Å². The monoisotopic (exact) mass is 272 g/mol. The van der Waals surface area contributed by atoms with E-state index in [1.807, 2.05) is 13.8 Å². The quantitative estimate of drug-likeness (QED) is 0.802. The maximum absolute atomic E-state index is 14.0. The lowest BCUT2D eigenvalue weighted by Crippen LogP contribution is -2.41. The maximum atomic E-state index is 14.0. The summed E-state index contributed by atoms with van der Waals surface area (Å²) in [7, 11) is 0. The summed E-state index contributed by atoms with van der Waals surface area (Å²) in [6.07, 6.45) is 2.89. The molecule has 1 aromatic carbocycles. The average molecular weight is 272 g/mol. The predicted octanol–water partition coefficient (Wildman–Crippen LogP) is 4.14. The normalized spacial score (nSPS) is 27.8. The van der Waals surface area contributed by atoms with E-state index in [4.69, 9.17) is 0 Å². The molecule has 1 aromatic rings. The van der Waals surface area contributed by atoms with E-state index < -0.39 is 23.1 Å². The van der Waals surface area contributed by atoms with Crippen LogP contribution in [0.3, 0.4) is 0 Å². The summed E-state index contributed by atoms with van der Waals surface area (Å²) in [4.78, 5) is 0. The molecule has 0 radical (unpaired) electrons. The molecule has 2 atom stereocenters. The van der Waals surface area contributed by atoms with Crippen LogP contribution in [0.15, 0.2) is 12.1 Å². The Balaban J connectivity index is 2.51. The van der Waals surface area contributed by atoms with Gasteiger partial charge in [0.05, 0.1) is 5.60 Å². The fourth-order valence-corrected chi connectivity index (χ4v) is 3.26. The fourth-order valence-electron chi connectivity index (χ4n) is 3.26. The number of hydrogen-bond donors (Lipinski definition) is 1. The fraction of sp³-hybridized carbons (Fsp3) is 0.600. The highest BCUT2D eigenvalue weighted by Gasteiger charge is 2.44. The van der Waals surface area contributed by atoms with Gasteiger partial charge in [-0.05, 0) is 30.7 Å². The van der Waals surface area contributed by atoms with Crippen LogP contribution in [0.5, 0.6) is 0 Å². The molecule has 0 spiro atoms. The number of hydrogen-bond acceptors (Lipinski definition) is 1. The third-order valence-electron chi connectivity index (χ3n) is 4.24. The standard InChI is InChI=1S/C15H19F3O/c1-9(2)10-5-3-4-8-15(10,19)11-6-7-12(16)14(18)13(11)17/h6-7,9-10,19H,3-5,8H2,1-2H3. The van der Waals surface area contributed by atoms with Gasteiger partial charge < -0.3 is 5.11 Å². The van der Waals surface area contributed by atoms with Gasteiger partial charge in [0.25, 0.3) is 0 Å². The summed E-state index contributed by atoms with van der Waals surface area (Å²) in [5.74, 6) is -3.96. The molecule has 106 valence electrons. The van der Waals surface area contributed by atoms with Gasteiger partial charge in [-0.25, -0.2) is 13.2 Å². The summed E-state index contributed by atoms with van der Waals surface area (Å²) >= 11 is 0. The molecule has 0 bridgehead atoms. The Hall–Kier alpha value is -1.03. The van der Waals surface area contributed by atoms with E-state index in [1.165, 1.54) is 6.07 Å². The molecule has 0 aromatic heterocycles. The van der Waals surface area contributed by atoms with Gasteiger partial charge in [0.15, 0.2) is 17.5 Å². The molecule has 2 rings (SSSR count). The minimum absolute atomic E-state index is 0.107. The topological polar surface area (TPSA) is 20.2 Å². The van der Waals surface area contributed by atoms with Gasteiger partial charge in [-0.3, -0.25) is 0 Å². The summed E-state index contributed by atoms with van der Waals surface area (Å²) in [5, 5.41) is 10.8. The molecule has 2 unspecified atom stereocenters. The molecular weight excluding hydrogens is 253 g/mol. The van der Waals surface area contributed by atoms with Gasteiger partial charge >= 0.3 is 0 Å². The zero-order valence-corrected chi connectivity index (χ0v) is 11.2. The predicted molar refractivity (Wildman–Crippen MR) is 67.0 cm³/mol. The van der Waals surface area contributed by atoms with Gasteiger partial charge in [0.1, 0.15) is 0 Å². The number of benzene rings is 1. The van der Waals surface area contributed by atoms with E-state index in [0.717, 1.165) is 25.3 Å². The molecular formula is C15H19F3O. The molecule has 4 heteroatoms. The number of rotatable bonds is 2. The first kappa shape index (κ1) is 14.4. The summed E-state index contributed by atoms with van der Waals surface area (Å²) < 4.78 is 40.3. The van der Waals surface area contributed by atoms with Crippen LogP contribution in [-0.2, 0) is 5.60 Å². The zero-order valence-electron chi connectivity index (χ0n) is 11.2. The molecule has 1 aliphatic carbocycles. The maximum Gasteiger partial charge on any atom is 0.194 e. The number of aliphatic hydroxyl groups is 1. The Labute approximate surface area is 111 Å². The molecule has 19 heavy (non-hydrogen) atoms. The highest BCUT2D eigenvalue weighted by molar-refractivity contribution is 5.28. The highest BCUT2D eigenvalue weighted by atomic mass is 19.2. The van der Waals surface area contributed by atoms with Crippen LogP contribution in [0.4, 0.5) is 13.2 Å². The molecule has 1 saturated carbocycles. The van der Waals surface area contributed by atoms with E-state index in [1.54, 1.807) is 0 Å². The van der Waals surface area contributed by atoms with Crippen molar-refractivity contribution >= 4 is 0 Å². The van der Waals surface area contributed by atoms with Crippen molar-refractivity contribution in [3.8, 4) is 0 Å². The van der Waals surface area contributed by atoms with Crippen LogP contribution >= 0.6 is 0 Å². The molecule has 1 N–H and O–H groups in total. The van der Waals surface area contributed by atoms with Gasteiger partial charge in [-0.2, -0.15) is 0 Å².